The van der Waals surface area contributed by atoms with E-state index < -0.39 is 17.5 Å². The average molecular weight is 251 g/mol. The molecule has 0 aliphatic carbocycles. The molecule has 90 valence electrons. The SMILES string of the molecule is CNCCNC(=O)c1ccc(F)cc1F.Cl. The lowest BCUT2D eigenvalue weighted by molar-refractivity contribution is 0.0950. The Bertz CT molecular complexity index is 361. The molecule has 3 nitrogen and oxygen atoms in total. The summed E-state index contributed by atoms with van der Waals surface area (Å²) in [6, 6.07) is 2.86. The van der Waals surface area contributed by atoms with Crippen molar-refractivity contribution in [2.75, 3.05) is 20.1 Å². The van der Waals surface area contributed by atoms with Crippen LogP contribution in [0.4, 0.5) is 8.78 Å². The molecule has 1 aromatic rings. The number of halogens is 3. The van der Waals surface area contributed by atoms with Crippen molar-refractivity contribution < 1.29 is 13.6 Å². The Labute approximate surface area is 98.6 Å². The second kappa shape index (κ2) is 7.14. The fraction of sp³-hybridized carbons (Fsp3) is 0.300. The summed E-state index contributed by atoms with van der Waals surface area (Å²) in [6.07, 6.45) is 0. The van der Waals surface area contributed by atoms with Crippen molar-refractivity contribution in [1.29, 1.82) is 0 Å². The topological polar surface area (TPSA) is 41.1 Å². The van der Waals surface area contributed by atoms with Gasteiger partial charge < -0.3 is 10.6 Å². The first-order valence-corrected chi connectivity index (χ1v) is 4.53. The van der Waals surface area contributed by atoms with Gasteiger partial charge >= 0.3 is 0 Å². The van der Waals surface area contributed by atoms with Gasteiger partial charge in [-0.05, 0) is 19.2 Å². The molecule has 0 aromatic heterocycles. The highest BCUT2D eigenvalue weighted by molar-refractivity contribution is 5.94. The molecule has 6 heteroatoms. The fourth-order valence-corrected chi connectivity index (χ4v) is 1.07. The van der Waals surface area contributed by atoms with E-state index in [2.05, 4.69) is 10.6 Å². The number of carbonyl (C=O) groups excluding carboxylic acids is 1. The van der Waals surface area contributed by atoms with Gasteiger partial charge in [-0.25, -0.2) is 8.78 Å². The van der Waals surface area contributed by atoms with Gasteiger partial charge in [0.1, 0.15) is 11.6 Å². The second-order valence-electron chi connectivity index (χ2n) is 2.98. The van der Waals surface area contributed by atoms with Gasteiger partial charge in [-0.15, -0.1) is 12.4 Å². The quantitative estimate of drug-likeness (QED) is 0.792. The molecular formula is C10H13ClF2N2O. The number of hydrogen-bond donors (Lipinski definition) is 2. The third-order valence-electron chi connectivity index (χ3n) is 1.84. The summed E-state index contributed by atoms with van der Waals surface area (Å²) >= 11 is 0. The van der Waals surface area contributed by atoms with Crippen LogP contribution in [0, 0.1) is 11.6 Å². The van der Waals surface area contributed by atoms with Crippen molar-refractivity contribution in [2.24, 2.45) is 0 Å². The zero-order chi connectivity index (χ0) is 11.3. The summed E-state index contributed by atoms with van der Waals surface area (Å²) in [5.41, 5.74) is -0.146. The van der Waals surface area contributed by atoms with Gasteiger partial charge in [0, 0.05) is 19.2 Å². The molecule has 0 aliphatic heterocycles. The Morgan fingerprint density at radius 2 is 2.00 bits per heavy atom. The van der Waals surface area contributed by atoms with Gasteiger partial charge in [0.2, 0.25) is 0 Å². The molecule has 0 aliphatic rings. The Balaban J connectivity index is 0.00000225. The maximum Gasteiger partial charge on any atom is 0.254 e. The van der Waals surface area contributed by atoms with Crippen LogP contribution in [-0.2, 0) is 0 Å². The van der Waals surface area contributed by atoms with Crippen LogP contribution in [0.15, 0.2) is 18.2 Å². The molecule has 0 atom stereocenters. The Morgan fingerprint density at radius 1 is 1.31 bits per heavy atom. The van der Waals surface area contributed by atoms with Crippen molar-refractivity contribution in [1.82, 2.24) is 10.6 Å². The van der Waals surface area contributed by atoms with E-state index in [0.717, 1.165) is 12.1 Å². The van der Waals surface area contributed by atoms with E-state index in [1.165, 1.54) is 0 Å². The molecule has 0 bridgehead atoms. The van der Waals surface area contributed by atoms with Crippen molar-refractivity contribution in [2.45, 2.75) is 0 Å². The first-order chi connectivity index (χ1) is 7.15. The summed E-state index contributed by atoms with van der Waals surface area (Å²) < 4.78 is 25.6. The lowest BCUT2D eigenvalue weighted by Gasteiger charge is -2.05. The van der Waals surface area contributed by atoms with Crippen LogP contribution < -0.4 is 10.6 Å². The van der Waals surface area contributed by atoms with E-state index >= 15 is 0 Å². The minimum atomic E-state index is -0.850. The monoisotopic (exact) mass is 250 g/mol. The fourth-order valence-electron chi connectivity index (χ4n) is 1.07. The number of rotatable bonds is 4. The maximum atomic E-state index is 13.1. The summed E-state index contributed by atoms with van der Waals surface area (Å²) in [6.45, 7) is 0.987. The zero-order valence-corrected chi connectivity index (χ0v) is 9.54. The summed E-state index contributed by atoms with van der Waals surface area (Å²) in [7, 11) is 1.74. The standard InChI is InChI=1S/C10H12F2N2O.ClH/c1-13-4-5-14-10(15)8-3-2-7(11)6-9(8)12;/h2-3,6,13H,4-5H2,1H3,(H,14,15);1H. The molecular weight excluding hydrogens is 238 g/mol. The Hall–Kier alpha value is -1.20. The molecule has 1 aromatic carbocycles. The number of hydrogen-bond acceptors (Lipinski definition) is 2. The first kappa shape index (κ1) is 14.8. The number of nitrogens with one attached hydrogen (secondary N) is 2. The van der Waals surface area contributed by atoms with Gasteiger partial charge in [-0.1, -0.05) is 0 Å². The van der Waals surface area contributed by atoms with Crippen LogP contribution in [-0.4, -0.2) is 26.0 Å². The largest absolute Gasteiger partial charge is 0.351 e. The normalized spacial score (nSPS) is 9.44. The molecule has 0 radical (unpaired) electrons. The lowest BCUT2D eigenvalue weighted by Crippen LogP contribution is -2.30. The molecule has 2 N–H and O–H groups in total. The highest BCUT2D eigenvalue weighted by Gasteiger charge is 2.11. The van der Waals surface area contributed by atoms with Crippen LogP contribution in [0.1, 0.15) is 10.4 Å². The summed E-state index contributed by atoms with van der Waals surface area (Å²) in [5, 5.41) is 5.33. The molecule has 0 saturated carbocycles. The van der Waals surface area contributed by atoms with E-state index in [1.54, 1.807) is 7.05 Å². The molecule has 1 rings (SSSR count). The van der Waals surface area contributed by atoms with Crippen LogP contribution in [0.2, 0.25) is 0 Å². The molecule has 1 amide bonds. The van der Waals surface area contributed by atoms with Gasteiger partial charge in [0.15, 0.2) is 0 Å². The number of amides is 1. The zero-order valence-electron chi connectivity index (χ0n) is 8.72. The van der Waals surface area contributed by atoms with E-state index in [4.69, 9.17) is 0 Å². The minimum Gasteiger partial charge on any atom is -0.351 e. The van der Waals surface area contributed by atoms with E-state index in [-0.39, 0.29) is 18.0 Å². The van der Waals surface area contributed by atoms with Gasteiger partial charge in [0.05, 0.1) is 5.56 Å². The van der Waals surface area contributed by atoms with Crippen LogP contribution >= 0.6 is 12.4 Å². The number of carbonyl (C=O) groups is 1. The molecule has 0 saturated heterocycles. The van der Waals surface area contributed by atoms with Gasteiger partial charge in [-0.3, -0.25) is 4.79 Å². The molecule has 16 heavy (non-hydrogen) atoms. The summed E-state index contributed by atoms with van der Waals surface area (Å²) in [4.78, 5) is 11.4. The van der Waals surface area contributed by atoms with Gasteiger partial charge in [-0.2, -0.15) is 0 Å². The van der Waals surface area contributed by atoms with Gasteiger partial charge in [0.25, 0.3) is 5.91 Å². The van der Waals surface area contributed by atoms with E-state index in [0.29, 0.717) is 19.2 Å². The number of benzene rings is 1. The highest BCUT2D eigenvalue weighted by atomic mass is 35.5. The van der Waals surface area contributed by atoms with Crippen LogP contribution in [0.25, 0.3) is 0 Å². The molecule has 0 fully saturated rings. The summed E-state index contributed by atoms with van der Waals surface area (Å²) in [5.74, 6) is -2.08. The van der Waals surface area contributed by atoms with Crippen LogP contribution in [0.3, 0.4) is 0 Å². The van der Waals surface area contributed by atoms with E-state index in [9.17, 15) is 13.6 Å². The smallest absolute Gasteiger partial charge is 0.254 e. The third-order valence-corrected chi connectivity index (χ3v) is 1.84. The Kier molecular flexibility index (Phi) is 6.60. The first-order valence-electron chi connectivity index (χ1n) is 4.53. The van der Waals surface area contributed by atoms with Crippen LogP contribution in [0.5, 0.6) is 0 Å². The molecule has 0 spiro atoms. The highest BCUT2D eigenvalue weighted by Crippen LogP contribution is 2.08. The lowest BCUT2D eigenvalue weighted by atomic mass is 10.2. The molecule has 0 unspecified atom stereocenters. The third kappa shape index (κ3) is 4.12. The molecule has 0 heterocycles. The minimum absolute atomic E-state index is 0. The number of likely N-dealkylation sites (N-methyl/N-ethyl adjacent to an activating group) is 1. The van der Waals surface area contributed by atoms with Crippen molar-refractivity contribution >= 4 is 18.3 Å². The van der Waals surface area contributed by atoms with Crippen molar-refractivity contribution in [3.63, 3.8) is 0 Å². The predicted molar refractivity (Wildman–Crippen MR) is 59.9 cm³/mol. The van der Waals surface area contributed by atoms with E-state index in [1.807, 2.05) is 0 Å². The van der Waals surface area contributed by atoms with Crippen molar-refractivity contribution in [3.8, 4) is 0 Å². The maximum absolute atomic E-state index is 13.1. The second-order valence-corrected chi connectivity index (χ2v) is 2.98. The predicted octanol–water partition coefficient (Wildman–Crippen LogP) is 1.34. The van der Waals surface area contributed by atoms with Crippen molar-refractivity contribution in [3.05, 3.63) is 35.4 Å². The Morgan fingerprint density at radius 3 is 2.56 bits per heavy atom. The average Bonchev–Trinajstić information content (AvgIpc) is 2.17.